The van der Waals surface area contributed by atoms with Gasteiger partial charge in [0.2, 0.25) is 0 Å². The van der Waals surface area contributed by atoms with E-state index >= 15 is 0 Å². The molecule has 0 radical (unpaired) electrons. The first kappa shape index (κ1) is 18.5. The fourth-order valence-electron chi connectivity index (χ4n) is 3.44. The predicted molar refractivity (Wildman–Crippen MR) is 97.4 cm³/mol. The highest BCUT2D eigenvalue weighted by molar-refractivity contribution is 5.49. The Morgan fingerprint density at radius 1 is 1.20 bits per heavy atom. The molecule has 0 amide bonds. The molecule has 0 bridgehead atoms. The molecule has 6 nitrogen and oxygen atoms in total. The SMILES string of the molecule is COc1ccc(N2CCN(C[C@H](O)COC[C@@H]3CCCO3)CC2)cc1. The average molecular weight is 350 g/mol. The van der Waals surface area contributed by atoms with E-state index in [2.05, 4.69) is 21.9 Å². The summed E-state index contributed by atoms with van der Waals surface area (Å²) in [6, 6.07) is 8.19. The fraction of sp³-hybridized carbons (Fsp3) is 0.684. The van der Waals surface area contributed by atoms with Crippen molar-refractivity contribution in [3.63, 3.8) is 0 Å². The Kier molecular flexibility index (Phi) is 6.93. The third kappa shape index (κ3) is 5.57. The second-order valence-electron chi connectivity index (χ2n) is 6.81. The van der Waals surface area contributed by atoms with Crippen LogP contribution in [0.25, 0.3) is 0 Å². The molecule has 0 saturated carbocycles. The van der Waals surface area contributed by atoms with Crippen molar-refractivity contribution < 1.29 is 19.3 Å². The summed E-state index contributed by atoms with van der Waals surface area (Å²) in [5.41, 5.74) is 1.22. The Morgan fingerprint density at radius 2 is 1.96 bits per heavy atom. The van der Waals surface area contributed by atoms with Crippen LogP contribution in [0, 0.1) is 0 Å². The first-order valence-electron chi connectivity index (χ1n) is 9.23. The zero-order valence-electron chi connectivity index (χ0n) is 15.1. The Hall–Kier alpha value is -1.34. The highest BCUT2D eigenvalue weighted by Gasteiger charge is 2.20. The zero-order chi connectivity index (χ0) is 17.5. The number of β-amino-alcohol motifs (C(OH)–C–C–N with tert-alkyl or cyclic N) is 1. The van der Waals surface area contributed by atoms with Crippen LogP contribution in [0.2, 0.25) is 0 Å². The van der Waals surface area contributed by atoms with Crippen molar-refractivity contribution in [2.75, 3.05) is 64.6 Å². The molecule has 2 aliphatic heterocycles. The normalized spacial score (nSPS) is 23.0. The smallest absolute Gasteiger partial charge is 0.119 e. The van der Waals surface area contributed by atoms with Gasteiger partial charge in [-0.3, -0.25) is 4.90 Å². The lowest BCUT2D eigenvalue weighted by molar-refractivity contribution is -0.0254. The first-order valence-corrected chi connectivity index (χ1v) is 9.23. The van der Waals surface area contributed by atoms with Gasteiger partial charge in [0.05, 0.1) is 32.5 Å². The maximum absolute atomic E-state index is 10.2. The maximum Gasteiger partial charge on any atom is 0.119 e. The van der Waals surface area contributed by atoms with Gasteiger partial charge in [0, 0.05) is 45.0 Å². The van der Waals surface area contributed by atoms with Crippen LogP contribution in [0.15, 0.2) is 24.3 Å². The molecule has 0 aromatic heterocycles. The number of benzene rings is 1. The first-order chi connectivity index (χ1) is 12.2. The van der Waals surface area contributed by atoms with E-state index in [-0.39, 0.29) is 6.10 Å². The molecule has 140 valence electrons. The van der Waals surface area contributed by atoms with Crippen LogP contribution in [0.4, 0.5) is 5.69 Å². The van der Waals surface area contributed by atoms with E-state index < -0.39 is 6.10 Å². The van der Waals surface area contributed by atoms with Crippen LogP contribution in [0.3, 0.4) is 0 Å². The molecule has 2 saturated heterocycles. The molecular formula is C19H30N2O4. The number of nitrogens with zero attached hydrogens (tertiary/aromatic N) is 2. The highest BCUT2D eigenvalue weighted by Crippen LogP contribution is 2.20. The van der Waals surface area contributed by atoms with E-state index in [0.29, 0.717) is 19.8 Å². The monoisotopic (exact) mass is 350 g/mol. The second-order valence-corrected chi connectivity index (χ2v) is 6.81. The third-order valence-electron chi connectivity index (χ3n) is 4.92. The summed E-state index contributed by atoms with van der Waals surface area (Å²) in [7, 11) is 1.68. The van der Waals surface area contributed by atoms with Gasteiger partial charge in [0.25, 0.3) is 0 Å². The minimum Gasteiger partial charge on any atom is -0.497 e. The van der Waals surface area contributed by atoms with Crippen molar-refractivity contribution in [2.24, 2.45) is 0 Å². The second kappa shape index (κ2) is 9.38. The van der Waals surface area contributed by atoms with E-state index in [0.717, 1.165) is 51.4 Å². The largest absolute Gasteiger partial charge is 0.497 e. The highest BCUT2D eigenvalue weighted by atomic mass is 16.5. The summed E-state index contributed by atoms with van der Waals surface area (Å²) in [5.74, 6) is 0.883. The molecule has 2 fully saturated rings. The Morgan fingerprint density at radius 3 is 2.60 bits per heavy atom. The maximum atomic E-state index is 10.2. The third-order valence-corrected chi connectivity index (χ3v) is 4.92. The summed E-state index contributed by atoms with van der Waals surface area (Å²) < 4.78 is 16.3. The van der Waals surface area contributed by atoms with Crippen LogP contribution in [0.5, 0.6) is 5.75 Å². The van der Waals surface area contributed by atoms with E-state index in [4.69, 9.17) is 14.2 Å². The van der Waals surface area contributed by atoms with Crippen molar-refractivity contribution in [1.82, 2.24) is 4.90 Å². The summed E-state index contributed by atoms with van der Waals surface area (Å²) in [6.07, 6.45) is 1.98. The van der Waals surface area contributed by atoms with Crippen LogP contribution in [0.1, 0.15) is 12.8 Å². The number of hydrogen-bond acceptors (Lipinski definition) is 6. The number of rotatable bonds is 8. The molecule has 6 heteroatoms. The average Bonchev–Trinajstić information content (AvgIpc) is 3.16. The molecule has 1 aromatic carbocycles. The Labute approximate surface area is 150 Å². The number of piperazine rings is 1. The van der Waals surface area contributed by atoms with Gasteiger partial charge in [-0.15, -0.1) is 0 Å². The van der Waals surface area contributed by atoms with E-state index in [1.807, 2.05) is 12.1 Å². The number of aliphatic hydroxyl groups is 1. The van der Waals surface area contributed by atoms with Crippen molar-refractivity contribution in [2.45, 2.75) is 25.0 Å². The van der Waals surface area contributed by atoms with E-state index in [9.17, 15) is 5.11 Å². The van der Waals surface area contributed by atoms with Gasteiger partial charge in [-0.05, 0) is 37.1 Å². The molecule has 2 heterocycles. The van der Waals surface area contributed by atoms with Gasteiger partial charge in [-0.25, -0.2) is 0 Å². The lowest BCUT2D eigenvalue weighted by Crippen LogP contribution is -2.49. The summed E-state index contributed by atoms with van der Waals surface area (Å²) >= 11 is 0. The lowest BCUT2D eigenvalue weighted by Gasteiger charge is -2.37. The molecule has 0 unspecified atom stereocenters. The van der Waals surface area contributed by atoms with Crippen LogP contribution in [-0.2, 0) is 9.47 Å². The van der Waals surface area contributed by atoms with E-state index in [1.54, 1.807) is 7.11 Å². The zero-order valence-corrected chi connectivity index (χ0v) is 15.1. The van der Waals surface area contributed by atoms with Crippen LogP contribution in [-0.4, -0.2) is 81.9 Å². The van der Waals surface area contributed by atoms with Gasteiger partial charge < -0.3 is 24.2 Å². The van der Waals surface area contributed by atoms with E-state index in [1.165, 1.54) is 5.69 Å². The molecule has 0 aliphatic carbocycles. The molecule has 0 spiro atoms. The van der Waals surface area contributed by atoms with Crippen LogP contribution < -0.4 is 9.64 Å². The van der Waals surface area contributed by atoms with Gasteiger partial charge in [-0.1, -0.05) is 0 Å². The summed E-state index contributed by atoms with van der Waals surface area (Å²) in [5, 5.41) is 10.2. The molecule has 1 aromatic rings. The van der Waals surface area contributed by atoms with Crippen molar-refractivity contribution in [1.29, 1.82) is 0 Å². The minimum absolute atomic E-state index is 0.222. The molecule has 1 N–H and O–H groups in total. The van der Waals surface area contributed by atoms with Gasteiger partial charge in [0.1, 0.15) is 5.75 Å². The standard InChI is InChI=1S/C19H30N2O4/c1-23-18-6-4-16(5-7-18)21-10-8-20(9-11-21)13-17(22)14-24-15-19-3-2-12-25-19/h4-7,17,19,22H,2-3,8-15H2,1H3/t17-,19-/m0/s1. The molecule has 25 heavy (non-hydrogen) atoms. The number of aliphatic hydroxyl groups excluding tert-OH is 1. The van der Waals surface area contributed by atoms with Crippen molar-refractivity contribution in [3.8, 4) is 5.75 Å². The minimum atomic E-state index is -0.436. The quantitative estimate of drug-likeness (QED) is 0.764. The van der Waals surface area contributed by atoms with Crippen molar-refractivity contribution >= 4 is 5.69 Å². The number of methoxy groups -OCH3 is 1. The lowest BCUT2D eigenvalue weighted by atomic mass is 10.2. The Balaban J connectivity index is 1.33. The van der Waals surface area contributed by atoms with Gasteiger partial charge in [0.15, 0.2) is 0 Å². The van der Waals surface area contributed by atoms with Gasteiger partial charge in [-0.2, -0.15) is 0 Å². The molecule has 2 aliphatic rings. The fourth-order valence-corrected chi connectivity index (χ4v) is 3.44. The molecule has 2 atom stereocenters. The summed E-state index contributed by atoms with van der Waals surface area (Å²) in [6.45, 7) is 6.34. The number of anilines is 1. The predicted octanol–water partition coefficient (Wildman–Crippen LogP) is 1.37. The molecule has 3 rings (SSSR count). The van der Waals surface area contributed by atoms with Crippen LogP contribution >= 0.6 is 0 Å². The molecular weight excluding hydrogens is 320 g/mol. The topological polar surface area (TPSA) is 54.4 Å². The van der Waals surface area contributed by atoms with Gasteiger partial charge >= 0.3 is 0 Å². The number of hydrogen-bond donors (Lipinski definition) is 1. The summed E-state index contributed by atoms with van der Waals surface area (Å²) in [4.78, 5) is 4.68. The van der Waals surface area contributed by atoms with Crippen molar-refractivity contribution in [3.05, 3.63) is 24.3 Å². The Bertz CT molecular complexity index is 497. The number of ether oxygens (including phenoxy) is 3.